The molecule has 1 aromatic heterocycles. The average molecular weight is 387 g/mol. The lowest BCUT2D eigenvalue weighted by Gasteiger charge is -2.24. The fourth-order valence-electron chi connectivity index (χ4n) is 3.52. The van der Waals surface area contributed by atoms with E-state index in [4.69, 9.17) is 15.2 Å². The number of nitriles is 1. The number of aromatic amines is 1. The zero-order valence-corrected chi connectivity index (χ0v) is 16.4. The lowest BCUT2D eigenvalue weighted by Crippen LogP contribution is -2.21. The van der Waals surface area contributed by atoms with E-state index < -0.39 is 0 Å². The van der Waals surface area contributed by atoms with Crippen molar-refractivity contribution in [3.63, 3.8) is 0 Å². The van der Waals surface area contributed by atoms with Gasteiger partial charge in [-0.25, -0.2) is 0 Å². The molecule has 0 aliphatic carbocycles. The van der Waals surface area contributed by atoms with Gasteiger partial charge in [0.15, 0.2) is 0 Å². The van der Waals surface area contributed by atoms with Gasteiger partial charge in [-0.1, -0.05) is 12.1 Å². The molecule has 0 fully saturated rings. The third-order valence-corrected chi connectivity index (χ3v) is 5.06. The number of aromatic nitrogens is 2. The molecule has 3 aromatic rings. The number of ether oxygens (including phenoxy) is 2. The van der Waals surface area contributed by atoms with Crippen molar-refractivity contribution in [3.05, 3.63) is 71.1 Å². The molecule has 0 bridgehead atoms. The maximum absolute atomic E-state index is 9.81. The maximum Gasteiger partial charge on any atom is 0.244 e. The second kappa shape index (κ2) is 7.24. The summed E-state index contributed by atoms with van der Waals surface area (Å²) in [4.78, 5) is 2.02. The number of fused-ring (bicyclic) bond motifs is 1. The molecule has 4 rings (SSSR count). The number of nitrogens with two attached hydrogens (primary N) is 1. The van der Waals surface area contributed by atoms with Crippen molar-refractivity contribution in [2.45, 2.75) is 5.92 Å². The number of anilines is 1. The molecule has 0 unspecified atom stereocenters. The van der Waals surface area contributed by atoms with Gasteiger partial charge in [-0.05, 0) is 42.0 Å². The number of hydrogen-bond acceptors (Lipinski definition) is 6. The van der Waals surface area contributed by atoms with E-state index >= 15 is 0 Å². The SMILES string of the molecule is COc1ccc(-c2[nH]nc3c2[C@@H](c2ccc(N(C)C)cc2)C(C#N)=C(N)O3)cc1. The Morgan fingerprint density at radius 2 is 1.83 bits per heavy atom. The van der Waals surface area contributed by atoms with Crippen molar-refractivity contribution in [1.29, 1.82) is 5.26 Å². The van der Waals surface area contributed by atoms with Gasteiger partial charge < -0.3 is 20.1 Å². The molecule has 0 saturated heterocycles. The number of rotatable bonds is 4. The maximum atomic E-state index is 9.81. The number of benzene rings is 2. The van der Waals surface area contributed by atoms with Crippen LogP contribution in [0.4, 0.5) is 5.69 Å². The summed E-state index contributed by atoms with van der Waals surface area (Å²) < 4.78 is 10.9. The van der Waals surface area contributed by atoms with E-state index in [1.165, 1.54) is 0 Å². The van der Waals surface area contributed by atoms with Crippen molar-refractivity contribution in [2.75, 3.05) is 26.1 Å². The van der Waals surface area contributed by atoms with Crippen molar-refractivity contribution in [3.8, 4) is 29.0 Å². The predicted octanol–water partition coefficient (Wildman–Crippen LogP) is 3.37. The summed E-state index contributed by atoms with van der Waals surface area (Å²) in [5.74, 6) is 0.843. The number of H-pyrrole nitrogens is 1. The van der Waals surface area contributed by atoms with Crippen LogP contribution >= 0.6 is 0 Å². The van der Waals surface area contributed by atoms with Gasteiger partial charge in [-0.2, -0.15) is 5.26 Å². The van der Waals surface area contributed by atoms with Crippen LogP contribution in [0.5, 0.6) is 11.6 Å². The molecule has 0 amide bonds. The van der Waals surface area contributed by atoms with Crippen LogP contribution in [-0.2, 0) is 0 Å². The minimum absolute atomic E-state index is 0.0782. The highest BCUT2D eigenvalue weighted by molar-refractivity contribution is 5.71. The molecule has 7 nitrogen and oxygen atoms in total. The van der Waals surface area contributed by atoms with Crippen LogP contribution in [0.2, 0.25) is 0 Å². The summed E-state index contributed by atoms with van der Waals surface area (Å²) in [6, 6.07) is 17.9. The van der Waals surface area contributed by atoms with E-state index in [0.29, 0.717) is 11.5 Å². The van der Waals surface area contributed by atoms with Crippen LogP contribution in [0, 0.1) is 11.3 Å². The number of methoxy groups -OCH3 is 1. The Morgan fingerprint density at radius 1 is 1.14 bits per heavy atom. The van der Waals surface area contributed by atoms with E-state index in [-0.39, 0.29) is 11.8 Å². The molecule has 3 N–H and O–H groups in total. The molecule has 0 radical (unpaired) electrons. The third-order valence-electron chi connectivity index (χ3n) is 5.06. The first-order valence-electron chi connectivity index (χ1n) is 9.11. The van der Waals surface area contributed by atoms with Gasteiger partial charge in [0.1, 0.15) is 17.4 Å². The number of nitrogens with one attached hydrogen (secondary N) is 1. The molecular weight excluding hydrogens is 366 g/mol. The molecule has 1 aliphatic heterocycles. The Bertz CT molecular complexity index is 1110. The van der Waals surface area contributed by atoms with Gasteiger partial charge in [0.05, 0.1) is 24.3 Å². The Morgan fingerprint density at radius 3 is 2.41 bits per heavy atom. The van der Waals surface area contributed by atoms with Gasteiger partial charge in [-0.15, -0.1) is 5.10 Å². The van der Waals surface area contributed by atoms with Crippen molar-refractivity contribution in [1.82, 2.24) is 10.2 Å². The predicted molar refractivity (Wildman–Crippen MR) is 111 cm³/mol. The Kier molecular flexibility index (Phi) is 4.61. The van der Waals surface area contributed by atoms with E-state index in [1.807, 2.05) is 67.5 Å². The molecular formula is C22H21N5O2. The second-order valence-corrected chi connectivity index (χ2v) is 6.96. The first-order valence-corrected chi connectivity index (χ1v) is 9.11. The van der Waals surface area contributed by atoms with E-state index in [2.05, 4.69) is 16.3 Å². The normalized spacial score (nSPS) is 15.3. The molecule has 146 valence electrons. The van der Waals surface area contributed by atoms with Crippen LogP contribution < -0.4 is 20.1 Å². The number of allylic oxidation sites excluding steroid dienone is 1. The third kappa shape index (κ3) is 3.15. The molecule has 2 heterocycles. The Hall–Kier alpha value is -3.92. The molecule has 1 aliphatic rings. The van der Waals surface area contributed by atoms with Crippen molar-refractivity contribution >= 4 is 5.69 Å². The molecule has 0 spiro atoms. The first kappa shape index (κ1) is 18.4. The molecule has 2 aromatic carbocycles. The first-order chi connectivity index (χ1) is 14.0. The number of hydrogen-bond donors (Lipinski definition) is 2. The van der Waals surface area contributed by atoms with Gasteiger partial charge in [0.2, 0.25) is 11.8 Å². The van der Waals surface area contributed by atoms with Gasteiger partial charge in [0, 0.05) is 25.3 Å². The van der Waals surface area contributed by atoms with E-state index in [1.54, 1.807) is 7.11 Å². The summed E-state index contributed by atoms with van der Waals surface area (Å²) in [7, 11) is 5.59. The van der Waals surface area contributed by atoms with E-state index in [0.717, 1.165) is 33.8 Å². The molecule has 1 atom stereocenters. The molecule has 7 heteroatoms. The van der Waals surface area contributed by atoms with Crippen LogP contribution in [0.3, 0.4) is 0 Å². The quantitative estimate of drug-likeness (QED) is 0.712. The van der Waals surface area contributed by atoms with Gasteiger partial charge >= 0.3 is 0 Å². The highest BCUT2D eigenvalue weighted by Gasteiger charge is 2.35. The highest BCUT2D eigenvalue weighted by atomic mass is 16.5. The smallest absolute Gasteiger partial charge is 0.244 e. The van der Waals surface area contributed by atoms with Crippen LogP contribution in [-0.4, -0.2) is 31.4 Å². The molecule has 0 saturated carbocycles. The van der Waals surface area contributed by atoms with E-state index in [9.17, 15) is 5.26 Å². The fraction of sp³-hybridized carbons (Fsp3) is 0.182. The average Bonchev–Trinajstić information content (AvgIpc) is 3.16. The van der Waals surface area contributed by atoms with Crippen molar-refractivity contribution in [2.24, 2.45) is 5.73 Å². The topological polar surface area (TPSA) is 100 Å². The molecule has 29 heavy (non-hydrogen) atoms. The van der Waals surface area contributed by atoms with Crippen LogP contribution in [0.25, 0.3) is 11.3 Å². The Balaban J connectivity index is 1.86. The Labute approximate surface area is 169 Å². The summed E-state index contributed by atoms with van der Waals surface area (Å²) in [5.41, 5.74) is 10.9. The monoisotopic (exact) mass is 387 g/mol. The van der Waals surface area contributed by atoms with Crippen LogP contribution in [0.1, 0.15) is 17.0 Å². The number of nitrogens with zero attached hydrogens (tertiary/aromatic N) is 3. The summed E-state index contributed by atoms with van der Waals surface area (Å²) in [6.45, 7) is 0. The van der Waals surface area contributed by atoms with Crippen LogP contribution in [0.15, 0.2) is 60.0 Å². The summed E-state index contributed by atoms with van der Waals surface area (Å²) >= 11 is 0. The summed E-state index contributed by atoms with van der Waals surface area (Å²) in [6.07, 6.45) is 0. The minimum atomic E-state index is -0.379. The van der Waals surface area contributed by atoms with Gasteiger partial charge in [-0.3, -0.25) is 5.10 Å². The minimum Gasteiger partial charge on any atom is -0.497 e. The lowest BCUT2D eigenvalue weighted by molar-refractivity contribution is 0.379. The fourth-order valence-corrected chi connectivity index (χ4v) is 3.52. The largest absolute Gasteiger partial charge is 0.497 e. The zero-order chi connectivity index (χ0) is 20.5. The van der Waals surface area contributed by atoms with Crippen molar-refractivity contribution < 1.29 is 9.47 Å². The summed E-state index contributed by atoms with van der Waals surface area (Å²) in [5, 5.41) is 17.2. The van der Waals surface area contributed by atoms with Gasteiger partial charge in [0.25, 0.3) is 0 Å². The standard InChI is InChI=1S/C22H21N5O2/c1-27(2)15-8-4-13(5-9-15)18-17(12-23)21(24)29-22-19(18)20(25-26-22)14-6-10-16(28-3)11-7-14/h4-11,18H,24H2,1-3H3,(H,25,26)/t18-/m0/s1. The lowest BCUT2D eigenvalue weighted by atomic mass is 9.83. The zero-order valence-electron chi connectivity index (χ0n) is 16.4. The highest BCUT2D eigenvalue weighted by Crippen LogP contribution is 2.45. The second-order valence-electron chi connectivity index (χ2n) is 6.96.